The number of hydrogen-bond donors (Lipinski definition) is 2. The molecule has 2 N–H and O–H groups in total. The summed E-state index contributed by atoms with van der Waals surface area (Å²) in [7, 11) is 0. The smallest absolute Gasteiger partial charge is 0.0431 e. The van der Waals surface area contributed by atoms with Gasteiger partial charge in [0.1, 0.15) is 0 Å². The average molecular weight is 162 g/mol. The van der Waals surface area contributed by atoms with E-state index in [4.69, 9.17) is 10.2 Å². The second-order valence-electron chi connectivity index (χ2n) is 4.15. The lowest BCUT2D eigenvalue weighted by Gasteiger charge is -2.05. The molecule has 0 bridgehead atoms. The summed E-state index contributed by atoms with van der Waals surface area (Å²) in [5.74, 6) is 0. The lowest BCUT2D eigenvalue weighted by Crippen LogP contribution is -1.93. The molecule has 0 aliphatic rings. The first-order valence-corrected chi connectivity index (χ1v) is 4.13. The largest absolute Gasteiger partial charge is 0.396 e. The van der Waals surface area contributed by atoms with Crippen molar-refractivity contribution in [2.45, 2.75) is 40.5 Å². The van der Waals surface area contributed by atoms with Crippen molar-refractivity contribution in [1.82, 2.24) is 0 Å². The van der Waals surface area contributed by atoms with Gasteiger partial charge in [-0.05, 0) is 18.3 Å². The van der Waals surface area contributed by atoms with Crippen LogP contribution in [0.3, 0.4) is 0 Å². The number of hydrogen-bond acceptors (Lipinski definition) is 2. The number of aliphatic hydroxyl groups is 2. The van der Waals surface area contributed by atoms with Gasteiger partial charge >= 0.3 is 0 Å². The molecule has 0 aliphatic heterocycles. The zero-order valence-electron chi connectivity index (χ0n) is 8.22. The third-order valence-corrected chi connectivity index (χ3v) is 0.566. The molecule has 2 nitrogen and oxygen atoms in total. The lowest BCUT2D eigenvalue weighted by atomic mass is 10.0. The van der Waals surface area contributed by atoms with E-state index in [-0.39, 0.29) is 13.2 Å². The molecule has 0 saturated heterocycles. The van der Waals surface area contributed by atoms with Crippen molar-refractivity contribution in [2.24, 2.45) is 5.41 Å². The van der Waals surface area contributed by atoms with Gasteiger partial charge in [-0.1, -0.05) is 27.7 Å². The molecule has 0 amide bonds. The molecule has 11 heavy (non-hydrogen) atoms. The maximum absolute atomic E-state index is 8.09. The van der Waals surface area contributed by atoms with Crippen LogP contribution in [0.1, 0.15) is 40.5 Å². The highest BCUT2D eigenvalue weighted by Gasteiger charge is 1.95. The fourth-order valence-electron chi connectivity index (χ4n) is 0.224. The van der Waals surface area contributed by atoms with Crippen LogP contribution in [0.15, 0.2) is 0 Å². The highest BCUT2D eigenvalue weighted by Crippen LogP contribution is 2.07. The molecular weight excluding hydrogens is 140 g/mol. The van der Waals surface area contributed by atoms with Crippen LogP contribution in [0.2, 0.25) is 0 Å². The highest BCUT2D eigenvalue weighted by molar-refractivity contribution is 4.47. The minimum Gasteiger partial charge on any atom is -0.396 e. The van der Waals surface area contributed by atoms with Gasteiger partial charge in [-0.15, -0.1) is 0 Å². The fraction of sp³-hybridized carbons (Fsp3) is 1.00. The Morgan fingerprint density at radius 3 is 1.09 bits per heavy atom. The molecule has 0 atom stereocenters. The quantitative estimate of drug-likeness (QED) is 0.621. The van der Waals surface area contributed by atoms with Gasteiger partial charge in [0, 0.05) is 13.2 Å². The van der Waals surface area contributed by atoms with E-state index < -0.39 is 0 Å². The standard InChI is InChI=1S/C5H12.C4H10O2/c1-5(2,3)4;5-3-1-2-4-6/h1-4H3;5-6H,1-4H2. The van der Waals surface area contributed by atoms with Crippen LogP contribution in [-0.2, 0) is 0 Å². The first-order chi connectivity index (χ1) is 4.91. The molecule has 0 saturated carbocycles. The summed E-state index contributed by atoms with van der Waals surface area (Å²) >= 11 is 0. The van der Waals surface area contributed by atoms with Crippen LogP contribution < -0.4 is 0 Å². The van der Waals surface area contributed by atoms with Crippen molar-refractivity contribution >= 4 is 0 Å². The van der Waals surface area contributed by atoms with E-state index in [0.29, 0.717) is 5.41 Å². The van der Waals surface area contributed by atoms with Crippen molar-refractivity contribution in [3.05, 3.63) is 0 Å². The second kappa shape index (κ2) is 8.02. The van der Waals surface area contributed by atoms with E-state index in [1.54, 1.807) is 0 Å². The first-order valence-electron chi connectivity index (χ1n) is 4.13. The zero-order valence-corrected chi connectivity index (χ0v) is 8.22. The van der Waals surface area contributed by atoms with Crippen LogP contribution in [-0.4, -0.2) is 23.4 Å². The molecule has 0 radical (unpaired) electrons. The van der Waals surface area contributed by atoms with E-state index >= 15 is 0 Å². The second-order valence-corrected chi connectivity index (χ2v) is 4.15. The van der Waals surface area contributed by atoms with Gasteiger partial charge in [0.2, 0.25) is 0 Å². The summed E-state index contributed by atoms with van der Waals surface area (Å²) < 4.78 is 0. The van der Waals surface area contributed by atoms with Crippen LogP contribution in [0.4, 0.5) is 0 Å². The molecule has 0 aliphatic carbocycles. The van der Waals surface area contributed by atoms with Gasteiger partial charge in [-0.3, -0.25) is 0 Å². The molecule has 70 valence electrons. The SMILES string of the molecule is CC(C)(C)C.OCCCCO. The molecule has 0 aromatic carbocycles. The Kier molecular flexibility index (Phi) is 9.85. The van der Waals surface area contributed by atoms with Crippen LogP contribution in [0.5, 0.6) is 0 Å². The van der Waals surface area contributed by atoms with Gasteiger partial charge < -0.3 is 10.2 Å². The fourth-order valence-corrected chi connectivity index (χ4v) is 0.224. The summed E-state index contributed by atoms with van der Waals surface area (Å²) in [5.41, 5.74) is 0.500. The normalized spacial score (nSPS) is 10.4. The Morgan fingerprint density at radius 1 is 0.818 bits per heavy atom. The Balaban J connectivity index is 0. The Morgan fingerprint density at radius 2 is 1.00 bits per heavy atom. The lowest BCUT2D eigenvalue weighted by molar-refractivity contribution is 0.242. The summed E-state index contributed by atoms with van der Waals surface area (Å²) in [6.07, 6.45) is 1.44. The van der Waals surface area contributed by atoms with E-state index in [1.165, 1.54) is 0 Å². The molecule has 0 aromatic rings. The molecule has 0 rings (SSSR count). The van der Waals surface area contributed by atoms with E-state index in [2.05, 4.69) is 27.7 Å². The number of unbranched alkanes of at least 4 members (excludes halogenated alkanes) is 1. The predicted molar refractivity (Wildman–Crippen MR) is 48.5 cm³/mol. The average Bonchev–Trinajstić information content (AvgIpc) is 1.79. The topological polar surface area (TPSA) is 40.5 Å². The molecular formula is C9H22O2. The Hall–Kier alpha value is -0.0800. The molecule has 2 heteroatoms. The molecule has 0 spiro atoms. The van der Waals surface area contributed by atoms with Crippen molar-refractivity contribution in [1.29, 1.82) is 0 Å². The first kappa shape index (κ1) is 13.5. The summed E-state index contributed by atoms with van der Waals surface area (Å²) in [6.45, 7) is 9.14. The maximum Gasteiger partial charge on any atom is 0.0431 e. The maximum atomic E-state index is 8.09. The van der Waals surface area contributed by atoms with Gasteiger partial charge in [-0.2, -0.15) is 0 Å². The minimum atomic E-state index is 0.195. The summed E-state index contributed by atoms with van der Waals surface area (Å²) in [4.78, 5) is 0. The van der Waals surface area contributed by atoms with Gasteiger partial charge in [0.15, 0.2) is 0 Å². The summed E-state index contributed by atoms with van der Waals surface area (Å²) in [5, 5.41) is 16.2. The van der Waals surface area contributed by atoms with E-state index in [1.807, 2.05) is 0 Å². The number of aliphatic hydroxyl groups excluding tert-OH is 2. The molecule has 0 aromatic heterocycles. The van der Waals surface area contributed by atoms with Crippen molar-refractivity contribution in [3.63, 3.8) is 0 Å². The molecule has 0 fully saturated rings. The van der Waals surface area contributed by atoms with Gasteiger partial charge in [0.25, 0.3) is 0 Å². The zero-order chi connectivity index (χ0) is 9.33. The van der Waals surface area contributed by atoms with Crippen molar-refractivity contribution in [2.75, 3.05) is 13.2 Å². The number of rotatable bonds is 3. The van der Waals surface area contributed by atoms with Gasteiger partial charge in [0.05, 0.1) is 0 Å². The minimum absolute atomic E-state index is 0.195. The van der Waals surface area contributed by atoms with Crippen LogP contribution >= 0.6 is 0 Å². The third-order valence-electron chi connectivity index (χ3n) is 0.566. The van der Waals surface area contributed by atoms with Gasteiger partial charge in [-0.25, -0.2) is 0 Å². The predicted octanol–water partition coefficient (Wildman–Crippen LogP) is 1.80. The van der Waals surface area contributed by atoms with Crippen LogP contribution in [0, 0.1) is 5.41 Å². The molecule has 0 heterocycles. The van der Waals surface area contributed by atoms with Crippen LogP contribution in [0.25, 0.3) is 0 Å². The Bertz CT molecular complexity index is 54.5. The highest BCUT2D eigenvalue weighted by atomic mass is 16.3. The van der Waals surface area contributed by atoms with Crippen molar-refractivity contribution < 1.29 is 10.2 Å². The third kappa shape index (κ3) is 73.0. The van der Waals surface area contributed by atoms with E-state index in [9.17, 15) is 0 Å². The van der Waals surface area contributed by atoms with E-state index in [0.717, 1.165) is 12.8 Å². The van der Waals surface area contributed by atoms with Crippen molar-refractivity contribution in [3.8, 4) is 0 Å². The monoisotopic (exact) mass is 162 g/mol. The molecule has 0 unspecified atom stereocenters. The summed E-state index contributed by atoms with van der Waals surface area (Å²) in [6, 6.07) is 0. The Labute approximate surface area is 70.3 Å².